The van der Waals surface area contributed by atoms with Gasteiger partial charge in [-0.1, -0.05) is 116 Å². The Labute approximate surface area is 269 Å². The highest BCUT2D eigenvalue weighted by molar-refractivity contribution is 7.79. The number of benzene rings is 3. The van der Waals surface area contributed by atoms with E-state index in [1.807, 2.05) is 0 Å². The molecule has 3 aromatic rings. The number of allylic oxidation sites excluding steroid dienone is 5. The summed E-state index contributed by atoms with van der Waals surface area (Å²) in [5.74, 6) is 3.63. The molecule has 43 heavy (non-hydrogen) atoms. The third kappa shape index (κ3) is 5.92. The van der Waals surface area contributed by atoms with Crippen LogP contribution < -0.4 is 9.80 Å². The molecular weight excluding hydrogens is 586 g/mol. The molecule has 0 bridgehead atoms. The third-order valence-electron chi connectivity index (χ3n) is 9.09. The van der Waals surface area contributed by atoms with Crippen LogP contribution >= 0.6 is 30.1 Å². The Hall–Kier alpha value is -2.64. The number of hydrogen-bond donors (Lipinski definition) is 0. The van der Waals surface area contributed by atoms with E-state index in [0.29, 0.717) is 0 Å². The number of halogens is 2. The highest BCUT2D eigenvalue weighted by Crippen LogP contribution is 2.59. The summed E-state index contributed by atoms with van der Waals surface area (Å²) in [6.07, 6.45) is 6.66. The van der Waals surface area contributed by atoms with E-state index in [-0.39, 0.29) is 0 Å². The van der Waals surface area contributed by atoms with E-state index in [1.54, 1.807) is 0 Å². The molecule has 0 amide bonds. The first-order valence-corrected chi connectivity index (χ1v) is 18.5. The monoisotopic (exact) mass is 630 g/mol. The van der Waals surface area contributed by atoms with Gasteiger partial charge >= 0.3 is 0 Å². The Morgan fingerprint density at radius 2 is 1.21 bits per heavy atom. The Kier molecular flexibility index (Phi) is 9.43. The van der Waals surface area contributed by atoms with Gasteiger partial charge < -0.3 is 9.80 Å². The van der Waals surface area contributed by atoms with Gasteiger partial charge in [0.15, 0.2) is 0 Å². The van der Waals surface area contributed by atoms with E-state index in [0.717, 1.165) is 41.8 Å². The SMILES string of the molecule is CCP(=Cc1ccccc1)(CC)C1=C(Cl)C(Cl)C(=C2N(c3c(C)cc(C)cc3C)CCN2c2c(C)cc(C)cc2C)C=C1. The van der Waals surface area contributed by atoms with Crippen molar-refractivity contribution < 1.29 is 0 Å². The predicted octanol–water partition coefficient (Wildman–Crippen LogP) is 10.6. The maximum atomic E-state index is 7.50. The highest BCUT2D eigenvalue weighted by Gasteiger charge is 2.37. The normalized spacial score (nSPS) is 17.4. The summed E-state index contributed by atoms with van der Waals surface area (Å²) in [5, 5.41) is 1.57. The number of hydrogen-bond acceptors (Lipinski definition) is 2. The number of rotatable bonds is 6. The maximum Gasteiger partial charge on any atom is 0.118 e. The lowest BCUT2D eigenvalue weighted by molar-refractivity contribution is 1.00. The first-order chi connectivity index (χ1) is 20.5. The zero-order valence-electron chi connectivity index (χ0n) is 26.9. The Morgan fingerprint density at radius 1 is 0.744 bits per heavy atom. The first-order valence-electron chi connectivity index (χ1n) is 15.5. The smallest absolute Gasteiger partial charge is 0.118 e. The molecule has 0 aromatic heterocycles. The van der Waals surface area contributed by atoms with Crippen LogP contribution in [0.25, 0.3) is 0 Å². The van der Waals surface area contributed by atoms with E-state index in [9.17, 15) is 0 Å². The van der Waals surface area contributed by atoms with Crippen molar-refractivity contribution >= 4 is 47.3 Å². The minimum Gasteiger partial charge on any atom is -0.325 e. The second kappa shape index (κ2) is 12.8. The second-order valence-corrected chi connectivity index (χ2v) is 17.1. The fourth-order valence-electron chi connectivity index (χ4n) is 7.29. The van der Waals surface area contributed by atoms with Gasteiger partial charge in [-0.3, -0.25) is 0 Å². The zero-order valence-corrected chi connectivity index (χ0v) is 29.3. The fourth-order valence-corrected chi connectivity index (χ4v) is 11.6. The number of nitrogens with zero attached hydrogens (tertiary/aromatic N) is 2. The third-order valence-corrected chi connectivity index (χ3v) is 14.6. The van der Waals surface area contributed by atoms with Gasteiger partial charge in [0, 0.05) is 35.1 Å². The van der Waals surface area contributed by atoms with Crippen molar-refractivity contribution in [1.82, 2.24) is 0 Å². The summed E-state index contributed by atoms with van der Waals surface area (Å²) >= 11 is 14.9. The topological polar surface area (TPSA) is 6.48 Å². The summed E-state index contributed by atoms with van der Waals surface area (Å²) < 4.78 is 0. The molecule has 0 spiro atoms. The summed E-state index contributed by atoms with van der Waals surface area (Å²) in [6.45, 7) is 17.9. The summed E-state index contributed by atoms with van der Waals surface area (Å²) in [5.41, 5.74) is 12.5. The molecule has 1 aliphatic carbocycles. The van der Waals surface area contributed by atoms with Crippen LogP contribution in [0, 0.1) is 41.5 Å². The van der Waals surface area contributed by atoms with Gasteiger partial charge in [-0.05, 0) is 87.0 Å². The average Bonchev–Trinajstić information content (AvgIpc) is 3.36. The zero-order chi connectivity index (χ0) is 31.1. The molecule has 1 saturated heterocycles. The van der Waals surface area contributed by atoms with E-state index in [1.165, 1.54) is 55.6 Å². The number of alkyl halides is 1. The molecule has 226 valence electrons. The van der Waals surface area contributed by atoms with Crippen LogP contribution in [0.2, 0.25) is 0 Å². The van der Waals surface area contributed by atoms with Crippen LogP contribution in [0.5, 0.6) is 0 Å². The average molecular weight is 632 g/mol. The van der Waals surface area contributed by atoms with Gasteiger partial charge in [-0.2, -0.15) is 0 Å². The van der Waals surface area contributed by atoms with Gasteiger partial charge in [0.05, 0.1) is 5.38 Å². The molecule has 0 radical (unpaired) electrons. The van der Waals surface area contributed by atoms with Gasteiger partial charge in [-0.25, -0.2) is 0 Å². The molecule has 1 atom stereocenters. The molecule has 5 heteroatoms. The maximum absolute atomic E-state index is 7.50. The lowest BCUT2D eigenvalue weighted by Gasteiger charge is -2.35. The molecular formula is C38H45Cl2N2P. The molecule has 1 heterocycles. The lowest BCUT2D eigenvalue weighted by atomic mass is 10.0. The quantitative estimate of drug-likeness (QED) is 0.197. The van der Waals surface area contributed by atoms with Crippen molar-refractivity contribution in [2.24, 2.45) is 0 Å². The molecule has 1 fully saturated rings. The van der Waals surface area contributed by atoms with E-state index in [4.69, 9.17) is 23.2 Å². The molecule has 1 unspecified atom stereocenters. The van der Waals surface area contributed by atoms with Gasteiger partial charge in [0.25, 0.3) is 0 Å². The van der Waals surface area contributed by atoms with E-state index in [2.05, 4.69) is 138 Å². The van der Waals surface area contributed by atoms with Crippen LogP contribution in [0.1, 0.15) is 52.8 Å². The van der Waals surface area contributed by atoms with Crippen molar-refractivity contribution in [3.05, 3.63) is 127 Å². The lowest BCUT2D eigenvalue weighted by Crippen LogP contribution is -2.29. The molecule has 2 nitrogen and oxygen atoms in total. The summed E-state index contributed by atoms with van der Waals surface area (Å²) in [7, 11) is 0. The molecule has 0 saturated carbocycles. The molecule has 1 aliphatic heterocycles. The fraction of sp³-hybridized carbons (Fsp3) is 0.342. The number of aryl methyl sites for hydroxylation is 6. The van der Waals surface area contributed by atoms with Crippen molar-refractivity contribution in [2.45, 2.75) is 60.8 Å². The summed E-state index contributed by atoms with van der Waals surface area (Å²) in [6, 6.07) is 19.8. The van der Waals surface area contributed by atoms with Crippen LogP contribution in [-0.4, -0.2) is 36.6 Å². The number of anilines is 2. The predicted molar refractivity (Wildman–Crippen MR) is 194 cm³/mol. The second-order valence-electron chi connectivity index (χ2n) is 12.2. The molecule has 3 aromatic carbocycles. The summed E-state index contributed by atoms with van der Waals surface area (Å²) in [4.78, 5) is 4.98. The van der Waals surface area contributed by atoms with Crippen LogP contribution in [0.4, 0.5) is 11.4 Å². The van der Waals surface area contributed by atoms with Crippen LogP contribution in [0.3, 0.4) is 0 Å². The van der Waals surface area contributed by atoms with Crippen molar-refractivity contribution in [3.63, 3.8) is 0 Å². The standard InChI is InChI=1S/C38H45Cl2N2P/c1-9-43(10-2,24-31-14-12-11-13-15-31)33-17-16-32(34(39)35(33)40)38-41(36-27(5)20-25(3)21-28(36)6)18-19-42(38)37-29(7)22-26(4)23-30(37)8/h11-17,20-24,34H,9-10,18-19H2,1-8H3. The van der Waals surface area contributed by atoms with Gasteiger partial charge in [0.2, 0.25) is 0 Å². The van der Waals surface area contributed by atoms with Crippen molar-refractivity contribution in [2.75, 3.05) is 35.2 Å². The Balaban J connectivity index is 1.73. The largest absolute Gasteiger partial charge is 0.325 e. The van der Waals surface area contributed by atoms with Gasteiger partial charge in [0.1, 0.15) is 5.82 Å². The van der Waals surface area contributed by atoms with E-state index < -0.39 is 12.3 Å². The Bertz CT molecular complexity index is 1570. The highest BCUT2D eigenvalue weighted by atomic mass is 35.5. The minimum atomic E-state index is -1.69. The minimum absolute atomic E-state index is 0.432. The van der Waals surface area contributed by atoms with Crippen molar-refractivity contribution in [3.8, 4) is 0 Å². The van der Waals surface area contributed by atoms with E-state index >= 15 is 0 Å². The van der Waals surface area contributed by atoms with Crippen molar-refractivity contribution in [1.29, 1.82) is 0 Å². The molecule has 2 aliphatic rings. The molecule has 5 rings (SSSR count). The molecule has 0 N–H and O–H groups in total. The van der Waals surface area contributed by atoms with Crippen LogP contribution in [0.15, 0.2) is 88.5 Å². The van der Waals surface area contributed by atoms with Crippen LogP contribution in [-0.2, 0) is 0 Å². The Morgan fingerprint density at radius 3 is 1.65 bits per heavy atom. The van der Waals surface area contributed by atoms with Gasteiger partial charge in [-0.15, -0.1) is 11.6 Å². The first kappa shape index (κ1) is 31.8.